The summed E-state index contributed by atoms with van der Waals surface area (Å²) in [4.78, 5) is 22.5. The van der Waals surface area contributed by atoms with E-state index in [2.05, 4.69) is 27.0 Å². The summed E-state index contributed by atoms with van der Waals surface area (Å²) < 4.78 is 1.43. The van der Waals surface area contributed by atoms with Gasteiger partial charge in [0.25, 0.3) is 0 Å². The number of carbonyl (C=O) groups is 2. The molecule has 1 heterocycles. The maximum absolute atomic E-state index is 11.4. The molecule has 1 aromatic heterocycles. The number of aromatic nitrogens is 2. The van der Waals surface area contributed by atoms with Gasteiger partial charge in [0.2, 0.25) is 11.8 Å². The van der Waals surface area contributed by atoms with Crippen molar-refractivity contribution in [3.05, 3.63) is 12.4 Å². The van der Waals surface area contributed by atoms with Gasteiger partial charge in [0.15, 0.2) is 0 Å². The smallest absolute Gasteiger partial charge is 0.241 e. The molecule has 96 valence electrons. The summed E-state index contributed by atoms with van der Waals surface area (Å²) in [6.07, 6.45) is 8.09. The summed E-state index contributed by atoms with van der Waals surface area (Å²) in [5, 5.41) is 11.8. The number of likely N-dealkylation sites (N-methyl/N-ethyl adjacent to an activating group) is 1. The SMILES string of the molecule is C#CCNCC(=O)Nc1cnn(CC(=O)NC)c1. The molecule has 0 aliphatic heterocycles. The van der Waals surface area contributed by atoms with Crippen molar-refractivity contribution >= 4 is 17.5 Å². The average molecular weight is 249 g/mol. The van der Waals surface area contributed by atoms with Crippen LogP contribution in [0.4, 0.5) is 5.69 Å². The van der Waals surface area contributed by atoms with Gasteiger partial charge in [-0.1, -0.05) is 5.92 Å². The van der Waals surface area contributed by atoms with Crippen molar-refractivity contribution in [2.45, 2.75) is 6.54 Å². The van der Waals surface area contributed by atoms with Crippen LogP contribution in [0.2, 0.25) is 0 Å². The van der Waals surface area contributed by atoms with Gasteiger partial charge >= 0.3 is 0 Å². The number of nitrogens with zero attached hydrogens (tertiary/aromatic N) is 2. The Morgan fingerprint density at radius 2 is 2.28 bits per heavy atom. The summed E-state index contributed by atoms with van der Waals surface area (Å²) in [6.45, 7) is 0.579. The third-order valence-electron chi connectivity index (χ3n) is 2.01. The molecule has 0 bridgehead atoms. The molecule has 0 aliphatic carbocycles. The summed E-state index contributed by atoms with van der Waals surface area (Å²) in [5.41, 5.74) is 0.534. The lowest BCUT2D eigenvalue weighted by molar-refractivity contribution is -0.121. The van der Waals surface area contributed by atoms with Gasteiger partial charge in [-0.2, -0.15) is 5.10 Å². The van der Waals surface area contributed by atoms with E-state index in [-0.39, 0.29) is 24.9 Å². The Morgan fingerprint density at radius 3 is 2.94 bits per heavy atom. The zero-order valence-electron chi connectivity index (χ0n) is 10.1. The minimum absolute atomic E-state index is 0.113. The van der Waals surface area contributed by atoms with Crippen LogP contribution < -0.4 is 16.0 Å². The first-order chi connectivity index (χ1) is 8.65. The molecule has 18 heavy (non-hydrogen) atoms. The van der Waals surface area contributed by atoms with Gasteiger partial charge in [-0.05, 0) is 0 Å². The second-order valence-electron chi connectivity index (χ2n) is 3.46. The molecular weight excluding hydrogens is 234 g/mol. The van der Waals surface area contributed by atoms with Crippen LogP contribution in [0.15, 0.2) is 12.4 Å². The minimum atomic E-state index is -0.218. The van der Waals surface area contributed by atoms with E-state index in [0.29, 0.717) is 12.2 Å². The molecular formula is C11H15N5O2. The summed E-state index contributed by atoms with van der Waals surface area (Å²) >= 11 is 0. The molecule has 7 heteroatoms. The lowest BCUT2D eigenvalue weighted by Gasteiger charge is -2.02. The number of amides is 2. The number of nitrogens with one attached hydrogen (secondary N) is 3. The number of hydrogen-bond acceptors (Lipinski definition) is 4. The van der Waals surface area contributed by atoms with Crippen LogP contribution in [0.25, 0.3) is 0 Å². The van der Waals surface area contributed by atoms with E-state index in [1.807, 2.05) is 0 Å². The largest absolute Gasteiger partial charge is 0.358 e. The van der Waals surface area contributed by atoms with E-state index >= 15 is 0 Å². The zero-order valence-corrected chi connectivity index (χ0v) is 10.1. The van der Waals surface area contributed by atoms with Crippen LogP contribution in [-0.2, 0) is 16.1 Å². The molecule has 0 atom stereocenters. The molecule has 0 spiro atoms. The Hall–Kier alpha value is -2.33. The second-order valence-corrected chi connectivity index (χ2v) is 3.46. The fourth-order valence-corrected chi connectivity index (χ4v) is 1.19. The molecule has 0 saturated carbocycles. The Morgan fingerprint density at radius 1 is 1.50 bits per heavy atom. The van der Waals surface area contributed by atoms with Crippen molar-refractivity contribution in [3.8, 4) is 12.3 Å². The highest BCUT2D eigenvalue weighted by molar-refractivity contribution is 5.92. The Labute approximate surface area is 105 Å². The number of anilines is 1. The summed E-state index contributed by atoms with van der Waals surface area (Å²) in [5.74, 6) is 1.99. The molecule has 7 nitrogen and oxygen atoms in total. The van der Waals surface area contributed by atoms with E-state index in [1.165, 1.54) is 10.9 Å². The average Bonchev–Trinajstić information content (AvgIpc) is 2.76. The first-order valence-corrected chi connectivity index (χ1v) is 5.32. The summed E-state index contributed by atoms with van der Waals surface area (Å²) in [6, 6.07) is 0. The topological polar surface area (TPSA) is 88.1 Å². The van der Waals surface area contributed by atoms with Crippen LogP contribution in [0.3, 0.4) is 0 Å². The van der Waals surface area contributed by atoms with Crippen molar-refractivity contribution in [2.75, 3.05) is 25.5 Å². The standard InChI is InChI=1S/C11H15N5O2/c1-3-4-13-6-10(17)15-9-5-14-16(7-9)8-11(18)12-2/h1,5,7,13H,4,6,8H2,2H3,(H,12,18)(H,15,17). The minimum Gasteiger partial charge on any atom is -0.358 e. The quantitative estimate of drug-likeness (QED) is 0.436. The van der Waals surface area contributed by atoms with Crippen LogP contribution >= 0.6 is 0 Å². The summed E-state index contributed by atoms with van der Waals surface area (Å²) in [7, 11) is 1.55. The lowest BCUT2D eigenvalue weighted by Crippen LogP contribution is -2.28. The molecule has 0 radical (unpaired) electrons. The first-order valence-electron chi connectivity index (χ1n) is 5.32. The van der Waals surface area contributed by atoms with Gasteiger partial charge in [0.05, 0.1) is 25.0 Å². The molecule has 0 aromatic carbocycles. The normalized spacial score (nSPS) is 9.56. The van der Waals surface area contributed by atoms with Gasteiger partial charge in [-0.3, -0.25) is 19.6 Å². The van der Waals surface area contributed by atoms with Gasteiger partial charge in [0.1, 0.15) is 6.54 Å². The second kappa shape index (κ2) is 7.09. The molecule has 0 saturated heterocycles. The molecule has 2 amide bonds. The van der Waals surface area contributed by atoms with Crippen LogP contribution in [0, 0.1) is 12.3 Å². The Bertz CT molecular complexity index is 460. The molecule has 0 unspecified atom stereocenters. The molecule has 3 N–H and O–H groups in total. The van der Waals surface area contributed by atoms with E-state index in [9.17, 15) is 9.59 Å². The van der Waals surface area contributed by atoms with E-state index < -0.39 is 0 Å². The Kier molecular flexibility index (Phi) is 5.41. The predicted octanol–water partition coefficient (Wildman–Crippen LogP) is -1.21. The lowest BCUT2D eigenvalue weighted by atomic mass is 10.5. The highest BCUT2D eigenvalue weighted by Gasteiger charge is 2.05. The number of terminal acetylenes is 1. The fourth-order valence-electron chi connectivity index (χ4n) is 1.19. The van der Waals surface area contributed by atoms with E-state index in [4.69, 9.17) is 6.42 Å². The van der Waals surface area contributed by atoms with Crippen LogP contribution in [0.5, 0.6) is 0 Å². The van der Waals surface area contributed by atoms with Gasteiger partial charge in [-0.25, -0.2) is 0 Å². The maximum atomic E-state index is 11.4. The van der Waals surface area contributed by atoms with Gasteiger partial charge in [-0.15, -0.1) is 6.42 Å². The van der Waals surface area contributed by atoms with Crippen molar-refractivity contribution < 1.29 is 9.59 Å². The molecule has 1 aromatic rings. The van der Waals surface area contributed by atoms with Gasteiger partial charge < -0.3 is 10.6 Å². The van der Waals surface area contributed by atoms with Crippen molar-refractivity contribution in [1.29, 1.82) is 0 Å². The third kappa shape index (κ3) is 4.67. The molecule has 1 rings (SSSR count). The fraction of sp³-hybridized carbons (Fsp3) is 0.364. The van der Waals surface area contributed by atoms with Crippen LogP contribution in [0.1, 0.15) is 0 Å². The number of rotatable bonds is 6. The van der Waals surface area contributed by atoms with Crippen molar-refractivity contribution in [2.24, 2.45) is 0 Å². The third-order valence-corrected chi connectivity index (χ3v) is 2.01. The number of hydrogen-bond donors (Lipinski definition) is 3. The highest BCUT2D eigenvalue weighted by Crippen LogP contribution is 2.03. The number of carbonyl (C=O) groups excluding carboxylic acids is 2. The monoisotopic (exact) mass is 249 g/mol. The van der Waals surface area contributed by atoms with Crippen LogP contribution in [-0.4, -0.2) is 41.7 Å². The Balaban J connectivity index is 2.41. The van der Waals surface area contributed by atoms with E-state index in [1.54, 1.807) is 13.2 Å². The highest BCUT2D eigenvalue weighted by atomic mass is 16.2. The van der Waals surface area contributed by atoms with Gasteiger partial charge in [0, 0.05) is 13.2 Å². The molecule has 0 aliphatic rings. The predicted molar refractivity (Wildman–Crippen MR) is 66.6 cm³/mol. The maximum Gasteiger partial charge on any atom is 0.241 e. The van der Waals surface area contributed by atoms with Crippen molar-refractivity contribution in [3.63, 3.8) is 0 Å². The first kappa shape index (κ1) is 13.7. The zero-order chi connectivity index (χ0) is 13.4. The molecule has 0 fully saturated rings. The van der Waals surface area contributed by atoms with Crippen molar-refractivity contribution in [1.82, 2.24) is 20.4 Å². The van der Waals surface area contributed by atoms with E-state index in [0.717, 1.165) is 0 Å².